The molecule has 70 valence electrons. The number of hydrogen-bond donors (Lipinski definition) is 2. The molecule has 13 heavy (non-hydrogen) atoms. The molecule has 0 saturated carbocycles. The number of aromatic nitrogens is 1. The quantitative estimate of drug-likeness (QED) is 0.386. The molecule has 1 aromatic rings. The highest BCUT2D eigenvalue weighted by atomic mass is 16.6. The minimum atomic E-state index is -0.782. The molecule has 1 rings (SSSR count). The van der Waals surface area contributed by atoms with Crippen LogP contribution in [0.1, 0.15) is 10.5 Å². The van der Waals surface area contributed by atoms with Gasteiger partial charge in [0.25, 0.3) is 0 Å². The summed E-state index contributed by atoms with van der Waals surface area (Å²) in [4.78, 5) is 20.6. The molecule has 0 unspecified atom stereocenters. The number of nitro groups is 1. The Kier molecular flexibility index (Phi) is 2.29. The first-order valence-electron chi connectivity index (χ1n) is 3.32. The maximum atomic E-state index is 10.9. The largest absolute Gasteiger partial charge is 0.358 e. The van der Waals surface area contributed by atoms with Gasteiger partial charge in [0.1, 0.15) is 0 Å². The van der Waals surface area contributed by atoms with Crippen molar-refractivity contribution in [1.82, 2.24) is 10.0 Å². The Morgan fingerprint density at radius 2 is 2.31 bits per heavy atom. The summed E-state index contributed by atoms with van der Waals surface area (Å²) in [6.45, 7) is 0. The lowest BCUT2D eigenvalue weighted by Crippen LogP contribution is -2.21. The van der Waals surface area contributed by atoms with Gasteiger partial charge in [0.05, 0.1) is 7.05 Å². The van der Waals surface area contributed by atoms with E-state index in [-0.39, 0.29) is 11.5 Å². The monoisotopic (exact) mass is 185 g/mol. The molecular formula is C6H7N3O4. The lowest BCUT2D eigenvalue weighted by Gasteiger charge is -1.97. The lowest BCUT2D eigenvalue weighted by atomic mass is 10.4. The van der Waals surface area contributed by atoms with Crippen LogP contribution < -0.4 is 5.48 Å². The van der Waals surface area contributed by atoms with Gasteiger partial charge in [-0.15, -0.1) is 0 Å². The predicted molar refractivity (Wildman–Crippen MR) is 41.3 cm³/mol. The molecule has 0 atom stereocenters. The fourth-order valence-electron chi connectivity index (χ4n) is 0.969. The molecule has 0 radical (unpaired) electrons. The molecule has 1 heterocycles. The summed E-state index contributed by atoms with van der Waals surface area (Å²) in [7, 11) is 1.36. The number of nitrogens with one attached hydrogen (secondary N) is 1. The van der Waals surface area contributed by atoms with Crippen molar-refractivity contribution in [2.75, 3.05) is 0 Å². The van der Waals surface area contributed by atoms with Crippen molar-refractivity contribution < 1.29 is 14.9 Å². The molecule has 0 aliphatic carbocycles. The van der Waals surface area contributed by atoms with Crippen molar-refractivity contribution >= 4 is 11.7 Å². The SMILES string of the molecule is Cn1c(C(=O)NO)ccc1[N+](=O)[O-]. The van der Waals surface area contributed by atoms with Crippen LogP contribution in [0.15, 0.2) is 12.1 Å². The van der Waals surface area contributed by atoms with Crippen molar-refractivity contribution in [1.29, 1.82) is 0 Å². The third kappa shape index (κ3) is 1.49. The van der Waals surface area contributed by atoms with Crippen LogP contribution in [0.2, 0.25) is 0 Å². The van der Waals surface area contributed by atoms with Gasteiger partial charge >= 0.3 is 11.7 Å². The average Bonchev–Trinajstić information content (AvgIpc) is 2.46. The highest BCUT2D eigenvalue weighted by Gasteiger charge is 2.19. The first kappa shape index (κ1) is 9.20. The molecule has 0 fully saturated rings. The molecule has 0 spiro atoms. The van der Waals surface area contributed by atoms with Crippen LogP contribution in [0.4, 0.5) is 5.82 Å². The second-order valence-corrected chi connectivity index (χ2v) is 2.33. The normalized spacial score (nSPS) is 9.69. The highest BCUT2D eigenvalue weighted by molar-refractivity contribution is 5.92. The molecule has 7 nitrogen and oxygen atoms in total. The Balaban J connectivity index is 3.13. The topological polar surface area (TPSA) is 97.4 Å². The first-order valence-corrected chi connectivity index (χ1v) is 3.32. The molecule has 1 aromatic heterocycles. The minimum Gasteiger partial charge on any atom is -0.358 e. The molecule has 1 amide bonds. The summed E-state index contributed by atoms with van der Waals surface area (Å²) in [5.74, 6) is -0.991. The Morgan fingerprint density at radius 1 is 1.69 bits per heavy atom. The van der Waals surface area contributed by atoms with E-state index in [1.165, 1.54) is 24.7 Å². The first-order chi connectivity index (χ1) is 6.07. The van der Waals surface area contributed by atoms with Crippen molar-refractivity contribution in [2.45, 2.75) is 0 Å². The molecule has 0 aromatic carbocycles. The van der Waals surface area contributed by atoms with E-state index in [9.17, 15) is 14.9 Å². The van der Waals surface area contributed by atoms with E-state index >= 15 is 0 Å². The van der Waals surface area contributed by atoms with Crippen LogP contribution in [0.3, 0.4) is 0 Å². The minimum absolute atomic E-state index is 0.0224. The van der Waals surface area contributed by atoms with E-state index in [2.05, 4.69) is 0 Å². The van der Waals surface area contributed by atoms with Crippen molar-refractivity contribution in [2.24, 2.45) is 7.05 Å². The van der Waals surface area contributed by atoms with Gasteiger partial charge in [-0.25, -0.2) is 10.0 Å². The van der Waals surface area contributed by atoms with Crippen molar-refractivity contribution in [3.05, 3.63) is 27.9 Å². The number of carbonyl (C=O) groups is 1. The van der Waals surface area contributed by atoms with E-state index in [1.54, 1.807) is 0 Å². The van der Waals surface area contributed by atoms with Crippen LogP contribution in [0.25, 0.3) is 0 Å². The van der Waals surface area contributed by atoms with E-state index in [1.807, 2.05) is 0 Å². The van der Waals surface area contributed by atoms with Gasteiger partial charge in [-0.2, -0.15) is 0 Å². The zero-order valence-electron chi connectivity index (χ0n) is 6.72. The van der Waals surface area contributed by atoms with Gasteiger partial charge in [-0.05, 0) is 11.0 Å². The zero-order valence-corrected chi connectivity index (χ0v) is 6.72. The summed E-state index contributed by atoms with van der Waals surface area (Å²) in [5.41, 5.74) is 1.41. The van der Waals surface area contributed by atoms with Gasteiger partial charge in [0.15, 0.2) is 5.69 Å². The number of hydrogen-bond acceptors (Lipinski definition) is 4. The van der Waals surface area contributed by atoms with Gasteiger partial charge in [-0.3, -0.25) is 10.0 Å². The Hall–Kier alpha value is -1.89. The van der Waals surface area contributed by atoms with Crippen LogP contribution in [-0.2, 0) is 7.05 Å². The van der Waals surface area contributed by atoms with E-state index in [0.717, 1.165) is 4.57 Å². The molecule has 7 heteroatoms. The third-order valence-electron chi connectivity index (χ3n) is 1.62. The van der Waals surface area contributed by atoms with Gasteiger partial charge < -0.3 is 10.1 Å². The Morgan fingerprint density at radius 3 is 2.69 bits per heavy atom. The van der Waals surface area contributed by atoms with Crippen molar-refractivity contribution in [3.63, 3.8) is 0 Å². The summed E-state index contributed by atoms with van der Waals surface area (Å²) in [6.07, 6.45) is 0. The standard InChI is InChI=1S/C6H7N3O4/c1-8-4(6(10)7-11)2-3-5(8)9(12)13/h2-3,11H,1H3,(H,7,10). The molecule has 0 saturated heterocycles. The van der Waals surface area contributed by atoms with E-state index < -0.39 is 10.8 Å². The second kappa shape index (κ2) is 3.23. The lowest BCUT2D eigenvalue weighted by molar-refractivity contribution is -0.391. The summed E-state index contributed by atoms with van der Waals surface area (Å²) < 4.78 is 1.07. The number of carbonyl (C=O) groups excluding carboxylic acids is 1. The molecule has 0 aliphatic rings. The second-order valence-electron chi connectivity index (χ2n) is 2.33. The molecule has 2 N–H and O–H groups in total. The Bertz CT molecular complexity index is 357. The number of nitrogens with zero attached hydrogens (tertiary/aromatic N) is 2. The highest BCUT2D eigenvalue weighted by Crippen LogP contribution is 2.14. The number of rotatable bonds is 2. The summed E-state index contributed by atoms with van der Waals surface area (Å²) in [6, 6.07) is 2.44. The summed E-state index contributed by atoms with van der Waals surface area (Å²) >= 11 is 0. The van der Waals surface area contributed by atoms with Crippen LogP contribution >= 0.6 is 0 Å². The third-order valence-corrected chi connectivity index (χ3v) is 1.62. The summed E-state index contributed by atoms with van der Waals surface area (Å²) in [5, 5.41) is 18.6. The van der Waals surface area contributed by atoms with Crippen LogP contribution in [0, 0.1) is 10.1 Å². The maximum Gasteiger partial charge on any atom is 0.323 e. The van der Waals surface area contributed by atoms with Crippen molar-refractivity contribution in [3.8, 4) is 0 Å². The van der Waals surface area contributed by atoms with Gasteiger partial charge in [-0.1, -0.05) is 0 Å². The van der Waals surface area contributed by atoms with Gasteiger partial charge in [0.2, 0.25) is 0 Å². The zero-order chi connectivity index (χ0) is 10.0. The molecule has 0 aliphatic heterocycles. The molecular weight excluding hydrogens is 178 g/mol. The predicted octanol–water partition coefficient (Wildman–Crippen LogP) is 0.0523. The smallest absolute Gasteiger partial charge is 0.323 e. The van der Waals surface area contributed by atoms with Gasteiger partial charge in [0, 0.05) is 6.07 Å². The molecule has 0 bridgehead atoms. The Labute approximate surface area is 72.7 Å². The van der Waals surface area contributed by atoms with E-state index in [4.69, 9.17) is 5.21 Å². The number of hydroxylamine groups is 1. The fraction of sp³-hybridized carbons (Fsp3) is 0.167. The number of amides is 1. The van der Waals surface area contributed by atoms with E-state index in [0.29, 0.717) is 0 Å². The maximum absolute atomic E-state index is 10.9. The fourth-order valence-corrected chi connectivity index (χ4v) is 0.969. The van der Waals surface area contributed by atoms with Crippen LogP contribution in [0.5, 0.6) is 0 Å². The van der Waals surface area contributed by atoms with Crippen LogP contribution in [-0.4, -0.2) is 20.6 Å². The average molecular weight is 185 g/mol.